The van der Waals surface area contributed by atoms with Gasteiger partial charge in [0.1, 0.15) is 0 Å². The van der Waals surface area contributed by atoms with E-state index in [4.69, 9.17) is 0 Å². The predicted octanol–water partition coefficient (Wildman–Crippen LogP) is 1.53. The van der Waals surface area contributed by atoms with Gasteiger partial charge in [-0.3, -0.25) is 9.48 Å². The average Bonchev–Trinajstić information content (AvgIpc) is 2.88. The second kappa shape index (κ2) is 6.32. The summed E-state index contributed by atoms with van der Waals surface area (Å²) >= 11 is 0. The monoisotopic (exact) mass is 299 g/mol. The molecular weight excluding hydrogens is 278 g/mol. The number of aliphatic hydroxyl groups is 1. The van der Waals surface area contributed by atoms with Crippen molar-refractivity contribution in [1.29, 1.82) is 0 Å². The van der Waals surface area contributed by atoms with Crippen LogP contribution in [0.3, 0.4) is 0 Å². The van der Waals surface area contributed by atoms with Crippen LogP contribution in [0.5, 0.6) is 0 Å². The van der Waals surface area contributed by atoms with Crippen molar-refractivity contribution in [2.24, 2.45) is 0 Å². The van der Waals surface area contributed by atoms with Gasteiger partial charge < -0.3 is 10.0 Å². The van der Waals surface area contributed by atoms with Crippen LogP contribution in [0, 0.1) is 6.92 Å². The minimum absolute atomic E-state index is 0.00945. The van der Waals surface area contributed by atoms with E-state index in [1.807, 2.05) is 41.9 Å². The molecule has 0 bridgehead atoms. The highest BCUT2D eigenvalue weighted by Crippen LogP contribution is 2.18. The Labute approximate surface area is 130 Å². The summed E-state index contributed by atoms with van der Waals surface area (Å²) in [7, 11) is 0. The predicted molar refractivity (Wildman–Crippen MR) is 83.2 cm³/mol. The summed E-state index contributed by atoms with van der Waals surface area (Å²) in [6, 6.07) is 9.81. The highest BCUT2D eigenvalue weighted by Gasteiger charge is 2.27. The standard InChI is InChI=1S/C17H21N3O2/c1-13-2-4-14(5-3-13)10-17(22)19-11-15-6-8-18-20(15)9-7-16(19)12-21/h2-6,8,16,21H,7,9-12H2,1H3/t16-/m1/s1. The smallest absolute Gasteiger partial charge is 0.227 e. The second-order valence-corrected chi connectivity index (χ2v) is 5.85. The topological polar surface area (TPSA) is 58.4 Å². The van der Waals surface area contributed by atoms with Crippen molar-refractivity contribution in [1.82, 2.24) is 14.7 Å². The quantitative estimate of drug-likeness (QED) is 0.935. The fourth-order valence-corrected chi connectivity index (χ4v) is 2.89. The molecule has 2 aromatic rings. The van der Waals surface area contributed by atoms with Gasteiger partial charge in [-0.25, -0.2) is 0 Å². The summed E-state index contributed by atoms with van der Waals surface area (Å²) in [5.41, 5.74) is 3.21. The van der Waals surface area contributed by atoms with Crippen molar-refractivity contribution < 1.29 is 9.90 Å². The van der Waals surface area contributed by atoms with Crippen molar-refractivity contribution in [2.45, 2.75) is 38.9 Å². The highest BCUT2D eigenvalue weighted by atomic mass is 16.3. The van der Waals surface area contributed by atoms with E-state index >= 15 is 0 Å². The van der Waals surface area contributed by atoms with E-state index in [1.54, 1.807) is 11.1 Å². The van der Waals surface area contributed by atoms with E-state index in [2.05, 4.69) is 5.10 Å². The van der Waals surface area contributed by atoms with Crippen LogP contribution in [0.25, 0.3) is 0 Å². The van der Waals surface area contributed by atoms with Gasteiger partial charge in [0.05, 0.1) is 31.3 Å². The molecule has 1 aromatic heterocycles. The summed E-state index contributed by atoms with van der Waals surface area (Å²) in [6.07, 6.45) is 2.85. The average molecular weight is 299 g/mol. The van der Waals surface area contributed by atoms with Gasteiger partial charge in [-0.1, -0.05) is 29.8 Å². The molecule has 1 aliphatic rings. The first kappa shape index (κ1) is 14.8. The lowest BCUT2D eigenvalue weighted by Gasteiger charge is -2.28. The normalized spacial score (nSPS) is 17.9. The van der Waals surface area contributed by atoms with Crippen LogP contribution in [0.2, 0.25) is 0 Å². The molecule has 1 aliphatic heterocycles. The van der Waals surface area contributed by atoms with Crippen LogP contribution in [-0.2, 0) is 24.3 Å². The van der Waals surface area contributed by atoms with Gasteiger partial charge in [-0.05, 0) is 25.0 Å². The minimum atomic E-state index is -0.139. The summed E-state index contributed by atoms with van der Waals surface area (Å²) in [6.45, 7) is 3.27. The van der Waals surface area contributed by atoms with Crippen molar-refractivity contribution in [3.63, 3.8) is 0 Å². The Hall–Kier alpha value is -2.14. The van der Waals surface area contributed by atoms with Gasteiger partial charge in [0, 0.05) is 12.7 Å². The molecule has 0 saturated carbocycles. The van der Waals surface area contributed by atoms with Crippen LogP contribution < -0.4 is 0 Å². The molecule has 1 N–H and O–H groups in total. The molecule has 22 heavy (non-hydrogen) atoms. The minimum Gasteiger partial charge on any atom is -0.394 e. The molecule has 1 atom stereocenters. The number of nitrogens with zero attached hydrogens (tertiary/aromatic N) is 3. The third-order valence-electron chi connectivity index (χ3n) is 4.26. The molecule has 0 saturated heterocycles. The van der Waals surface area contributed by atoms with Crippen molar-refractivity contribution in [3.05, 3.63) is 53.3 Å². The third kappa shape index (κ3) is 3.04. The first-order valence-electron chi connectivity index (χ1n) is 7.64. The molecule has 5 heteroatoms. The largest absolute Gasteiger partial charge is 0.394 e. The molecular formula is C17H21N3O2. The lowest BCUT2D eigenvalue weighted by molar-refractivity contribution is -0.134. The van der Waals surface area contributed by atoms with E-state index < -0.39 is 0 Å². The van der Waals surface area contributed by atoms with Crippen LogP contribution in [0.1, 0.15) is 23.2 Å². The van der Waals surface area contributed by atoms with Gasteiger partial charge in [0.25, 0.3) is 0 Å². The van der Waals surface area contributed by atoms with Gasteiger partial charge in [0.2, 0.25) is 5.91 Å². The number of aryl methyl sites for hydroxylation is 2. The highest BCUT2D eigenvalue weighted by molar-refractivity contribution is 5.79. The summed E-state index contributed by atoms with van der Waals surface area (Å²) in [4.78, 5) is 14.5. The fraction of sp³-hybridized carbons (Fsp3) is 0.412. The zero-order valence-electron chi connectivity index (χ0n) is 12.8. The molecule has 0 aliphatic carbocycles. The lowest BCUT2D eigenvalue weighted by atomic mass is 10.1. The zero-order chi connectivity index (χ0) is 15.5. The second-order valence-electron chi connectivity index (χ2n) is 5.85. The number of carbonyl (C=O) groups is 1. The number of aliphatic hydroxyl groups excluding tert-OH is 1. The fourth-order valence-electron chi connectivity index (χ4n) is 2.89. The van der Waals surface area contributed by atoms with Crippen molar-refractivity contribution in [2.75, 3.05) is 6.61 Å². The number of rotatable bonds is 3. The zero-order valence-corrected chi connectivity index (χ0v) is 12.8. The Balaban J connectivity index is 1.77. The molecule has 0 unspecified atom stereocenters. The first-order valence-corrected chi connectivity index (χ1v) is 7.64. The Morgan fingerprint density at radius 1 is 1.32 bits per heavy atom. The van der Waals surface area contributed by atoms with E-state index in [0.29, 0.717) is 13.0 Å². The van der Waals surface area contributed by atoms with E-state index in [1.165, 1.54) is 5.56 Å². The summed E-state index contributed by atoms with van der Waals surface area (Å²) < 4.78 is 1.92. The maximum absolute atomic E-state index is 12.7. The molecule has 0 spiro atoms. The molecule has 116 valence electrons. The molecule has 0 fully saturated rings. The van der Waals surface area contributed by atoms with Gasteiger partial charge >= 0.3 is 0 Å². The molecule has 2 heterocycles. The molecule has 1 aromatic carbocycles. The molecule has 5 nitrogen and oxygen atoms in total. The maximum atomic E-state index is 12.7. The van der Waals surface area contributed by atoms with Crippen LogP contribution in [0.15, 0.2) is 36.5 Å². The van der Waals surface area contributed by atoms with Crippen LogP contribution in [-0.4, -0.2) is 38.3 Å². The first-order chi connectivity index (χ1) is 10.7. The van der Waals surface area contributed by atoms with Crippen molar-refractivity contribution >= 4 is 5.91 Å². The summed E-state index contributed by atoms with van der Waals surface area (Å²) in [5.74, 6) is 0.0533. The van der Waals surface area contributed by atoms with Gasteiger partial charge in [0.15, 0.2) is 0 Å². The SMILES string of the molecule is Cc1ccc(CC(=O)N2Cc3ccnn3CC[C@@H]2CO)cc1. The number of carbonyl (C=O) groups excluding carboxylic acids is 1. The summed E-state index contributed by atoms with van der Waals surface area (Å²) in [5, 5.41) is 13.9. The van der Waals surface area contributed by atoms with E-state index in [9.17, 15) is 9.90 Å². The molecule has 0 radical (unpaired) electrons. The Bertz CT molecular complexity index is 648. The van der Waals surface area contributed by atoms with E-state index in [0.717, 1.165) is 24.2 Å². The number of amides is 1. The number of hydrogen-bond donors (Lipinski definition) is 1. The Kier molecular flexibility index (Phi) is 4.24. The number of aromatic nitrogens is 2. The van der Waals surface area contributed by atoms with Crippen LogP contribution >= 0.6 is 0 Å². The number of hydrogen-bond acceptors (Lipinski definition) is 3. The number of benzene rings is 1. The maximum Gasteiger partial charge on any atom is 0.227 e. The Morgan fingerprint density at radius 2 is 2.09 bits per heavy atom. The molecule has 3 rings (SSSR count). The van der Waals surface area contributed by atoms with Crippen LogP contribution in [0.4, 0.5) is 0 Å². The van der Waals surface area contributed by atoms with E-state index in [-0.39, 0.29) is 18.6 Å². The van der Waals surface area contributed by atoms with Crippen molar-refractivity contribution in [3.8, 4) is 0 Å². The lowest BCUT2D eigenvalue weighted by Crippen LogP contribution is -2.42. The molecule has 1 amide bonds. The third-order valence-corrected chi connectivity index (χ3v) is 4.26. The number of fused-ring (bicyclic) bond motifs is 1. The Morgan fingerprint density at radius 3 is 2.82 bits per heavy atom. The van der Waals surface area contributed by atoms with Gasteiger partial charge in [-0.15, -0.1) is 0 Å². The van der Waals surface area contributed by atoms with Gasteiger partial charge in [-0.2, -0.15) is 5.10 Å².